The van der Waals surface area contributed by atoms with E-state index in [9.17, 15) is 0 Å². The molecule has 247 valence electrons. The number of aryl methyl sites for hydroxylation is 1. The normalized spacial score (nSPS) is 11.9. The quantitative estimate of drug-likeness (QED) is 0.124. The third kappa shape index (κ3) is 9.11. The van der Waals surface area contributed by atoms with Crippen molar-refractivity contribution in [3.63, 3.8) is 0 Å². The van der Waals surface area contributed by atoms with Crippen LogP contribution >= 0.6 is 0 Å². The van der Waals surface area contributed by atoms with Crippen LogP contribution in [0.25, 0.3) is 44.9 Å². The first-order valence-corrected chi connectivity index (χ1v) is 19.8. The Hall–Kier alpha value is -4.02. The molecule has 1 unspecified atom stereocenters. The maximum atomic E-state index is 4.74. The number of nitrogens with zero attached hydrogens (tertiary/aromatic N) is 3. The largest absolute Gasteiger partial charge is 0.320 e. The molecule has 3 nitrogen and oxygen atoms in total. The van der Waals surface area contributed by atoms with Crippen molar-refractivity contribution in [3.05, 3.63) is 145 Å². The fraction of sp³-hybridized carbons (Fsp3) is 0.233. The van der Waals surface area contributed by atoms with Crippen LogP contribution < -0.4 is 5.19 Å². The molecule has 48 heavy (non-hydrogen) atoms. The molecule has 0 spiro atoms. The first kappa shape index (κ1) is 36.8. The monoisotopic (exact) mass is 824 g/mol. The van der Waals surface area contributed by atoms with Gasteiger partial charge in [-0.3, -0.25) is 4.98 Å². The van der Waals surface area contributed by atoms with Crippen LogP contribution in [0.1, 0.15) is 44.7 Å². The fourth-order valence-electron chi connectivity index (χ4n) is 5.55. The van der Waals surface area contributed by atoms with Crippen molar-refractivity contribution < 1.29 is 20.1 Å². The zero-order valence-electron chi connectivity index (χ0n) is 29.3. The zero-order valence-corrected chi connectivity index (χ0v) is 32.7. The molecule has 0 aliphatic rings. The summed E-state index contributed by atoms with van der Waals surface area (Å²) < 4.78 is 0. The minimum Gasteiger partial charge on any atom is -0.320 e. The van der Waals surface area contributed by atoms with E-state index in [-0.39, 0.29) is 25.5 Å². The van der Waals surface area contributed by atoms with E-state index in [1.54, 1.807) is 6.20 Å². The molecule has 6 rings (SSSR count). The zero-order chi connectivity index (χ0) is 33.6. The molecule has 0 aliphatic carbocycles. The fourth-order valence-corrected chi connectivity index (χ4v) is 7.15. The van der Waals surface area contributed by atoms with Crippen molar-refractivity contribution in [1.29, 1.82) is 0 Å². The van der Waals surface area contributed by atoms with Crippen LogP contribution in [0.4, 0.5) is 0 Å². The third-order valence-electron chi connectivity index (χ3n) is 8.74. The smallest absolute Gasteiger partial charge is 0.0799 e. The van der Waals surface area contributed by atoms with Crippen LogP contribution in [-0.2, 0) is 20.1 Å². The molecule has 3 aromatic carbocycles. The summed E-state index contributed by atoms with van der Waals surface area (Å²) in [4.78, 5) is 13.8. The number of aromatic nitrogens is 3. The molecule has 6 aromatic rings. The molecule has 0 saturated heterocycles. The Morgan fingerprint density at radius 3 is 1.83 bits per heavy atom. The van der Waals surface area contributed by atoms with E-state index in [0.29, 0.717) is 5.92 Å². The average Bonchev–Trinajstić information content (AvgIpc) is 3.08. The Kier molecular flexibility index (Phi) is 12.2. The van der Waals surface area contributed by atoms with E-state index < -0.39 is 8.07 Å². The average molecular weight is 824 g/mol. The van der Waals surface area contributed by atoms with Gasteiger partial charge in [0.25, 0.3) is 0 Å². The van der Waals surface area contributed by atoms with E-state index in [4.69, 9.17) is 4.98 Å². The number of hydrogen-bond acceptors (Lipinski definition) is 3. The van der Waals surface area contributed by atoms with E-state index in [0.717, 1.165) is 39.3 Å². The van der Waals surface area contributed by atoms with Gasteiger partial charge in [0.15, 0.2) is 0 Å². The van der Waals surface area contributed by atoms with Gasteiger partial charge >= 0.3 is 0 Å². The Bertz CT molecular complexity index is 1910. The van der Waals surface area contributed by atoms with Crippen molar-refractivity contribution in [2.75, 3.05) is 0 Å². The number of benzene rings is 3. The second-order valence-corrected chi connectivity index (χ2v) is 19.3. The van der Waals surface area contributed by atoms with E-state index in [1.807, 2.05) is 66.9 Å². The molecule has 1 atom stereocenters. The van der Waals surface area contributed by atoms with Gasteiger partial charge in [-0.15, -0.1) is 42.0 Å². The van der Waals surface area contributed by atoms with Gasteiger partial charge in [-0.2, -0.15) is 11.6 Å². The van der Waals surface area contributed by atoms with Gasteiger partial charge in [0.1, 0.15) is 0 Å². The molecule has 0 aliphatic heterocycles. The Morgan fingerprint density at radius 2 is 1.25 bits per heavy atom. The van der Waals surface area contributed by atoms with Crippen LogP contribution in [0.2, 0.25) is 19.6 Å². The summed E-state index contributed by atoms with van der Waals surface area (Å²) in [5.41, 5.74) is 11.2. The molecule has 3 aromatic heterocycles. The van der Waals surface area contributed by atoms with Gasteiger partial charge in [0.2, 0.25) is 0 Å². The van der Waals surface area contributed by atoms with Crippen molar-refractivity contribution in [2.45, 2.75) is 60.2 Å². The van der Waals surface area contributed by atoms with Crippen LogP contribution in [-0.4, -0.2) is 23.0 Å². The summed E-state index contributed by atoms with van der Waals surface area (Å²) in [6.45, 7) is 18.6. The minimum atomic E-state index is -1.42. The predicted molar refractivity (Wildman–Crippen MR) is 201 cm³/mol. The summed E-state index contributed by atoms with van der Waals surface area (Å²) in [5, 5.41) is 1.48. The van der Waals surface area contributed by atoms with Gasteiger partial charge in [0.05, 0.1) is 8.07 Å². The summed E-state index contributed by atoms with van der Waals surface area (Å²) in [7, 11) is -1.42. The maximum Gasteiger partial charge on any atom is 0.0799 e. The van der Waals surface area contributed by atoms with Crippen molar-refractivity contribution >= 4 is 13.3 Å². The first-order chi connectivity index (χ1) is 22.4. The molecule has 1 radical (unpaired) electrons. The second kappa shape index (κ2) is 15.9. The minimum absolute atomic E-state index is 0. The number of hydrogen-bond donors (Lipinski definition) is 0. The molecule has 0 saturated carbocycles. The number of rotatable bonds is 6. The standard InChI is InChI=1S/C23H17N2.C20H28NSi.Ir/c1-17-14-22(25-16-21(17)18-8-4-2-5-9-18)20-12-13-24-23(15-20)19-10-6-3-7-11-19;1-15(20(2,3)4)17-13-18(16-11-9-8-10-12-16)21-14-19(17)22(5,6)7;/h2-11,13-16H,1H3;8-11,13-15H,1-7H3;/q2*-1;. The first-order valence-electron chi connectivity index (χ1n) is 16.3. The Balaban J connectivity index is 0.000000214. The van der Waals surface area contributed by atoms with E-state index in [2.05, 4.69) is 125 Å². The van der Waals surface area contributed by atoms with Crippen molar-refractivity contribution in [1.82, 2.24) is 15.0 Å². The van der Waals surface area contributed by atoms with Gasteiger partial charge < -0.3 is 9.97 Å². The molecule has 0 N–H and O–H groups in total. The Morgan fingerprint density at radius 1 is 0.646 bits per heavy atom. The summed E-state index contributed by atoms with van der Waals surface area (Å²) in [6.07, 6.45) is 5.79. The van der Waals surface area contributed by atoms with E-state index >= 15 is 0 Å². The molecular weight excluding hydrogens is 779 g/mol. The summed E-state index contributed by atoms with van der Waals surface area (Å²) >= 11 is 0. The molecular formula is C43H45IrN3Si-2. The van der Waals surface area contributed by atoms with Crippen molar-refractivity contribution in [3.8, 4) is 44.9 Å². The molecule has 3 heterocycles. The molecule has 0 bridgehead atoms. The van der Waals surface area contributed by atoms with Gasteiger partial charge in [-0.25, -0.2) is 0 Å². The predicted octanol–water partition coefficient (Wildman–Crippen LogP) is 10.8. The van der Waals surface area contributed by atoms with Gasteiger partial charge in [-0.05, 0) is 52.2 Å². The number of pyridine rings is 3. The molecule has 0 amide bonds. The van der Waals surface area contributed by atoms with Crippen LogP contribution in [0, 0.1) is 24.5 Å². The SMILES string of the molecule is CC(c1cc(-c2[c-]cccc2)ncc1[Si](C)(C)C)C(C)(C)C.Cc1cc(-c2[c-]cnc(-c3ccccc3)c2)ncc1-c1ccccc1.[Ir]. The molecule has 5 heteroatoms. The van der Waals surface area contributed by atoms with Crippen molar-refractivity contribution in [2.24, 2.45) is 5.41 Å². The van der Waals surface area contributed by atoms with Crippen LogP contribution in [0.5, 0.6) is 0 Å². The summed E-state index contributed by atoms with van der Waals surface area (Å²) in [5.74, 6) is 0.500. The summed E-state index contributed by atoms with van der Waals surface area (Å²) in [6, 6.07) is 41.5. The van der Waals surface area contributed by atoms with E-state index in [1.165, 1.54) is 21.9 Å². The second-order valence-electron chi connectivity index (χ2n) is 14.2. The van der Waals surface area contributed by atoms with Gasteiger partial charge in [-0.1, -0.05) is 131 Å². The van der Waals surface area contributed by atoms with Gasteiger partial charge in [0, 0.05) is 43.8 Å². The van der Waals surface area contributed by atoms with Crippen LogP contribution in [0.15, 0.2) is 122 Å². The Labute approximate surface area is 302 Å². The maximum absolute atomic E-state index is 4.74. The molecule has 0 fully saturated rings. The van der Waals surface area contributed by atoms with Crippen LogP contribution in [0.3, 0.4) is 0 Å². The topological polar surface area (TPSA) is 38.7 Å². The third-order valence-corrected chi connectivity index (χ3v) is 10.8.